The van der Waals surface area contributed by atoms with Gasteiger partial charge in [-0.2, -0.15) is 0 Å². The average Bonchev–Trinajstić information content (AvgIpc) is 3.43. The molecule has 0 spiro atoms. The summed E-state index contributed by atoms with van der Waals surface area (Å²) in [4.78, 5) is 44.8. The number of nitrogens with zero attached hydrogens (tertiary/aromatic N) is 1. The number of methoxy groups -OCH3 is 9. The first kappa shape index (κ1) is 35.5. The molecule has 14 nitrogen and oxygen atoms in total. The maximum Gasteiger partial charge on any atom is 0.371 e. The summed E-state index contributed by atoms with van der Waals surface area (Å²) in [6, 6.07) is 9.75. The molecule has 0 unspecified atom stereocenters. The molecule has 3 aromatic carbocycles. The van der Waals surface area contributed by atoms with E-state index in [0.717, 1.165) is 12.2 Å². The van der Waals surface area contributed by atoms with Crippen molar-refractivity contribution >= 4 is 41.0 Å². The Morgan fingerprint density at radius 2 is 0.771 bits per heavy atom. The lowest BCUT2D eigenvalue weighted by Gasteiger charge is -2.33. The average molecular weight is 687 g/mol. The zero-order chi connectivity index (χ0) is 35.2. The fourth-order valence-corrected chi connectivity index (χ4v) is 10.2. The molecule has 2 amide bonds. The van der Waals surface area contributed by atoms with E-state index >= 15 is 0 Å². The number of ether oxygens (including phenoxy) is 9. The maximum absolute atomic E-state index is 14.3. The van der Waals surface area contributed by atoms with Crippen molar-refractivity contribution in [3.63, 3.8) is 0 Å². The first-order valence-corrected chi connectivity index (χ1v) is 16.1. The highest BCUT2D eigenvalue weighted by molar-refractivity contribution is 7.97. The molecule has 1 aliphatic heterocycles. The van der Waals surface area contributed by atoms with Gasteiger partial charge in [-0.15, -0.1) is 0 Å². The summed E-state index contributed by atoms with van der Waals surface area (Å²) >= 11 is 0. The Labute approximate surface area is 278 Å². The molecule has 0 atom stereocenters. The normalized spacial score (nSPS) is 12.4. The van der Waals surface area contributed by atoms with Crippen LogP contribution in [0, 0.1) is 0 Å². The highest BCUT2D eigenvalue weighted by Gasteiger charge is 2.60. The molecule has 0 aromatic heterocycles. The van der Waals surface area contributed by atoms with E-state index in [4.69, 9.17) is 47.5 Å². The molecular weight excluding hydrogens is 649 g/mol. The molecule has 15 heteroatoms. The fraction of sp³-hybridized carbons (Fsp3) is 0.303. The van der Waals surface area contributed by atoms with Gasteiger partial charge in [0.25, 0.3) is 11.8 Å². The van der Waals surface area contributed by atoms with E-state index in [9.17, 15) is 14.4 Å². The van der Waals surface area contributed by atoms with Gasteiger partial charge in [-0.1, -0.05) is 5.06 Å². The van der Waals surface area contributed by atoms with Gasteiger partial charge in [0.15, 0.2) is 56.6 Å². The van der Waals surface area contributed by atoms with Gasteiger partial charge in [0.1, 0.15) is 24.5 Å². The van der Waals surface area contributed by atoms with Crippen molar-refractivity contribution in [3.8, 4) is 51.7 Å². The van der Waals surface area contributed by atoms with Crippen LogP contribution in [0.1, 0.15) is 0 Å². The number of amides is 2. The van der Waals surface area contributed by atoms with E-state index in [2.05, 4.69) is 0 Å². The molecular formula is C33H37NO13P+. The summed E-state index contributed by atoms with van der Waals surface area (Å²) in [7, 11) is 9.35. The third-order valence-corrected chi connectivity index (χ3v) is 11.9. The maximum atomic E-state index is 14.3. The van der Waals surface area contributed by atoms with Gasteiger partial charge in [0.05, 0.1) is 64.0 Å². The Hall–Kier alpha value is -5.36. The predicted molar refractivity (Wildman–Crippen MR) is 176 cm³/mol. The first-order valence-electron chi connectivity index (χ1n) is 14.2. The van der Waals surface area contributed by atoms with Gasteiger partial charge in [0.2, 0.25) is 0 Å². The van der Waals surface area contributed by atoms with Crippen LogP contribution in [0.5, 0.6) is 51.7 Å². The zero-order valence-corrected chi connectivity index (χ0v) is 28.9. The molecule has 0 saturated carbocycles. The monoisotopic (exact) mass is 686 g/mol. The van der Waals surface area contributed by atoms with Gasteiger partial charge >= 0.3 is 5.97 Å². The Bertz CT molecular complexity index is 1490. The molecule has 0 N–H and O–H groups in total. The third-order valence-electron chi connectivity index (χ3n) is 7.54. The molecule has 0 aliphatic carbocycles. The SMILES string of the molecule is COc1cc(OC)c([P+](CC(=O)ON2C(=O)C=CC2=O)(c2c(OC)cc(OC)cc2OC)c2c(OC)cc(OC)cc2OC)c(OC)c1. The van der Waals surface area contributed by atoms with E-state index < -0.39 is 31.2 Å². The number of hydroxylamine groups is 2. The van der Waals surface area contributed by atoms with Gasteiger partial charge in [-0.05, 0) is 0 Å². The molecule has 256 valence electrons. The Morgan fingerprint density at radius 1 is 0.500 bits per heavy atom. The van der Waals surface area contributed by atoms with Crippen molar-refractivity contribution < 1.29 is 61.9 Å². The number of hydrogen-bond donors (Lipinski definition) is 0. The van der Waals surface area contributed by atoms with E-state index in [1.807, 2.05) is 0 Å². The number of carbonyl (C=O) groups is 3. The lowest BCUT2D eigenvalue weighted by Crippen LogP contribution is -2.42. The van der Waals surface area contributed by atoms with E-state index in [1.54, 1.807) is 36.4 Å². The predicted octanol–water partition coefficient (Wildman–Crippen LogP) is 2.44. The second-order valence-electron chi connectivity index (χ2n) is 9.88. The molecule has 3 aromatic rings. The van der Waals surface area contributed by atoms with Gasteiger partial charge < -0.3 is 47.5 Å². The van der Waals surface area contributed by atoms with Crippen molar-refractivity contribution in [3.05, 3.63) is 48.6 Å². The largest absolute Gasteiger partial charge is 0.496 e. The summed E-state index contributed by atoms with van der Waals surface area (Å²) in [6.45, 7) is 0. The van der Waals surface area contributed by atoms with Crippen LogP contribution in [-0.2, 0) is 19.2 Å². The molecule has 0 saturated heterocycles. The van der Waals surface area contributed by atoms with Crippen LogP contribution in [-0.4, -0.2) is 93.0 Å². The number of benzene rings is 3. The number of hydrogen-bond acceptors (Lipinski definition) is 13. The van der Waals surface area contributed by atoms with Crippen LogP contribution < -0.4 is 58.5 Å². The lowest BCUT2D eigenvalue weighted by molar-refractivity contribution is -0.194. The number of rotatable bonds is 15. The molecule has 0 bridgehead atoms. The van der Waals surface area contributed by atoms with Gasteiger partial charge in [-0.25, -0.2) is 4.79 Å². The van der Waals surface area contributed by atoms with Crippen molar-refractivity contribution in [1.29, 1.82) is 0 Å². The van der Waals surface area contributed by atoms with Crippen LogP contribution in [0.3, 0.4) is 0 Å². The highest BCUT2D eigenvalue weighted by Crippen LogP contribution is 2.66. The molecule has 0 radical (unpaired) electrons. The van der Waals surface area contributed by atoms with Crippen LogP contribution in [0.15, 0.2) is 48.6 Å². The van der Waals surface area contributed by atoms with Gasteiger partial charge in [-0.3, -0.25) is 9.59 Å². The minimum Gasteiger partial charge on any atom is -0.496 e. The van der Waals surface area contributed by atoms with Crippen LogP contribution >= 0.6 is 7.26 Å². The quantitative estimate of drug-likeness (QED) is 0.171. The molecule has 1 aliphatic rings. The Morgan fingerprint density at radius 3 is 1.00 bits per heavy atom. The smallest absolute Gasteiger partial charge is 0.371 e. The third kappa shape index (κ3) is 6.30. The molecule has 1 heterocycles. The van der Waals surface area contributed by atoms with Crippen LogP contribution in [0.25, 0.3) is 0 Å². The van der Waals surface area contributed by atoms with E-state index in [1.165, 1.54) is 64.0 Å². The minimum absolute atomic E-state index is 0.238. The van der Waals surface area contributed by atoms with Crippen molar-refractivity contribution in [2.45, 2.75) is 0 Å². The molecule has 4 rings (SSSR count). The zero-order valence-electron chi connectivity index (χ0n) is 28.0. The topological polar surface area (TPSA) is 147 Å². The fourth-order valence-electron chi connectivity index (χ4n) is 5.46. The Kier molecular flexibility index (Phi) is 11.1. The molecule has 0 fully saturated rings. The summed E-state index contributed by atoms with van der Waals surface area (Å²) in [5, 5.41) is 1.44. The second kappa shape index (κ2) is 15.0. The van der Waals surface area contributed by atoms with Crippen molar-refractivity contribution in [2.75, 3.05) is 70.2 Å². The summed E-state index contributed by atoms with van der Waals surface area (Å²) in [5.74, 6) is -0.0434. The first-order chi connectivity index (χ1) is 23.1. The minimum atomic E-state index is -3.78. The van der Waals surface area contributed by atoms with Crippen molar-refractivity contribution in [1.82, 2.24) is 5.06 Å². The summed E-state index contributed by atoms with van der Waals surface area (Å²) in [5.41, 5.74) is 0. The number of imide groups is 1. The van der Waals surface area contributed by atoms with Crippen molar-refractivity contribution in [2.24, 2.45) is 0 Å². The number of carbonyl (C=O) groups excluding carboxylic acids is 3. The Balaban J connectivity index is 2.32. The van der Waals surface area contributed by atoms with Gasteiger partial charge in [0, 0.05) is 48.6 Å². The van der Waals surface area contributed by atoms with E-state index in [0.29, 0.717) is 38.2 Å². The summed E-state index contributed by atoms with van der Waals surface area (Å²) in [6.07, 6.45) is 1.46. The lowest BCUT2D eigenvalue weighted by atomic mass is 10.3. The van der Waals surface area contributed by atoms with Crippen LogP contribution in [0.2, 0.25) is 0 Å². The highest BCUT2D eigenvalue weighted by atomic mass is 31.2. The standard InChI is InChI=1S/C33H37NO13P/c1-38-19-12-22(41-4)31(23(13-19)42-5)48(18-30(37)47-34-28(35)10-11-29(34)36,32-24(43-6)14-20(39-2)15-25(32)44-7)33-26(45-8)16-21(40-3)17-27(33)46-9/h10-17H,18H2,1-9H3/q+1. The summed E-state index contributed by atoms with van der Waals surface area (Å²) < 4.78 is 52.6. The second-order valence-corrected chi connectivity index (χ2v) is 13.2. The van der Waals surface area contributed by atoms with E-state index in [-0.39, 0.29) is 34.5 Å². The molecule has 48 heavy (non-hydrogen) atoms. The van der Waals surface area contributed by atoms with Crippen LogP contribution in [0.4, 0.5) is 0 Å².